The molecule has 0 saturated heterocycles. The van der Waals surface area contributed by atoms with Crippen LogP contribution in [0, 0.1) is 6.92 Å². The lowest BCUT2D eigenvalue weighted by Crippen LogP contribution is -2.15. The van der Waals surface area contributed by atoms with Gasteiger partial charge in [0, 0.05) is 16.8 Å². The lowest BCUT2D eigenvalue weighted by atomic mass is 10.1. The number of ether oxygens (including phenoxy) is 1. The third-order valence-electron chi connectivity index (χ3n) is 5.00. The number of nitrogens with zero attached hydrogens (tertiary/aromatic N) is 2. The van der Waals surface area contributed by atoms with E-state index in [1.54, 1.807) is 55.6 Å². The normalized spacial score (nSPS) is 11.1. The highest BCUT2D eigenvalue weighted by atomic mass is 19.3. The first-order valence-electron chi connectivity index (χ1n) is 9.75. The second-order valence-corrected chi connectivity index (χ2v) is 7.19. The van der Waals surface area contributed by atoms with E-state index in [1.165, 1.54) is 0 Å². The molecule has 0 aliphatic rings. The average molecular weight is 421 g/mol. The van der Waals surface area contributed by atoms with Gasteiger partial charge in [-0.25, -0.2) is 4.98 Å². The highest BCUT2D eigenvalue weighted by Gasteiger charge is 2.19. The number of aromatic nitrogens is 2. The first-order valence-corrected chi connectivity index (χ1v) is 9.75. The summed E-state index contributed by atoms with van der Waals surface area (Å²) in [5.74, 6) is 0.636. The molecule has 0 saturated carbocycles. The summed E-state index contributed by atoms with van der Waals surface area (Å²) < 4.78 is 33.6. The quantitative estimate of drug-likeness (QED) is 0.441. The summed E-state index contributed by atoms with van der Waals surface area (Å²) in [4.78, 5) is 16.9. The van der Waals surface area contributed by atoms with Crippen LogP contribution < -0.4 is 10.1 Å². The fourth-order valence-corrected chi connectivity index (χ4v) is 3.57. The van der Waals surface area contributed by atoms with Crippen molar-refractivity contribution in [3.05, 3.63) is 77.9 Å². The van der Waals surface area contributed by atoms with Crippen LogP contribution in [0.5, 0.6) is 5.75 Å². The van der Waals surface area contributed by atoms with E-state index < -0.39 is 6.55 Å². The van der Waals surface area contributed by atoms with Crippen LogP contribution in [0.4, 0.5) is 14.5 Å². The number of imidazole rings is 1. The van der Waals surface area contributed by atoms with Crippen LogP contribution in [0.1, 0.15) is 17.7 Å². The smallest absolute Gasteiger partial charge is 0.320 e. The number of anilines is 1. The molecule has 31 heavy (non-hydrogen) atoms. The second-order valence-electron chi connectivity index (χ2n) is 7.19. The number of hydrogen-bond acceptors (Lipinski definition) is 3. The van der Waals surface area contributed by atoms with E-state index >= 15 is 0 Å². The van der Waals surface area contributed by atoms with E-state index in [0.717, 1.165) is 15.7 Å². The van der Waals surface area contributed by atoms with Crippen molar-refractivity contribution < 1.29 is 18.3 Å². The number of benzene rings is 3. The molecule has 1 aromatic heterocycles. The first-order chi connectivity index (χ1) is 15.0. The molecule has 0 radical (unpaired) electrons. The van der Waals surface area contributed by atoms with Gasteiger partial charge in [0.2, 0.25) is 5.91 Å². The third kappa shape index (κ3) is 4.26. The molecule has 3 aromatic carbocycles. The number of alkyl halides is 2. The van der Waals surface area contributed by atoms with E-state index in [9.17, 15) is 13.6 Å². The Morgan fingerprint density at radius 1 is 1.10 bits per heavy atom. The number of aryl methyl sites for hydroxylation is 1. The third-order valence-corrected chi connectivity index (χ3v) is 5.00. The van der Waals surface area contributed by atoms with Crippen molar-refractivity contribution in [1.82, 2.24) is 9.55 Å². The number of para-hydroxylation sites is 2. The number of rotatable bonds is 6. The number of amides is 1. The minimum absolute atomic E-state index is 0.160. The van der Waals surface area contributed by atoms with Gasteiger partial charge in [-0.2, -0.15) is 8.78 Å². The van der Waals surface area contributed by atoms with E-state index in [-0.39, 0.29) is 18.2 Å². The molecule has 0 spiro atoms. The zero-order valence-corrected chi connectivity index (χ0v) is 17.1. The maximum atomic E-state index is 13.7. The molecule has 4 rings (SSSR count). The molecule has 0 fully saturated rings. The molecular formula is C24H21F2N3O2. The second kappa shape index (κ2) is 8.55. The molecule has 0 bridgehead atoms. The molecule has 0 unspecified atom stereocenters. The van der Waals surface area contributed by atoms with Gasteiger partial charge in [-0.1, -0.05) is 29.8 Å². The maximum absolute atomic E-state index is 13.7. The lowest BCUT2D eigenvalue weighted by molar-refractivity contribution is -0.115. The molecule has 0 atom stereocenters. The molecule has 7 heteroatoms. The summed E-state index contributed by atoms with van der Waals surface area (Å²) in [5.41, 5.74) is 3.81. The van der Waals surface area contributed by atoms with Crippen LogP contribution in [-0.2, 0) is 11.2 Å². The number of halogens is 2. The van der Waals surface area contributed by atoms with Crippen LogP contribution in [0.3, 0.4) is 0 Å². The summed E-state index contributed by atoms with van der Waals surface area (Å²) in [6.07, 6.45) is 0.160. The largest absolute Gasteiger partial charge is 0.496 e. The highest BCUT2D eigenvalue weighted by Crippen LogP contribution is 2.30. The fourth-order valence-electron chi connectivity index (χ4n) is 3.57. The minimum atomic E-state index is -2.72. The summed E-state index contributed by atoms with van der Waals surface area (Å²) in [5, 5.41) is 2.83. The van der Waals surface area contributed by atoms with Gasteiger partial charge in [0.1, 0.15) is 11.6 Å². The van der Waals surface area contributed by atoms with E-state index in [0.29, 0.717) is 28.0 Å². The Kier molecular flexibility index (Phi) is 5.66. The monoisotopic (exact) mass is 421 g/mol. The van der Waals surface area contributed by atoms with Crippen LogP contribution in [0.25, 0.3) is 22.4 Å². The predicted molar refractivity (Wildman–Crippen MR) is 116 cm³/mol. The van der Waals surface area contributed by atoms with Crippen molar-refractivity contribution in [2.45, 2.75) is 19.9 Å². The molecule has 0 aliphatic carbocycles. The van der Waals surface area contributed by atoms with Crippen LogP contribution >= 0.6 is 0 Å². The Labute approximate surface area is 178 Å². The number of fused-ring (bicyclic) bond motifs is 1. The molecule has 158 valence electrons. The molecule has 5 nitrogen and oxygen atoms in total. The van der Waals surface area contributed by atoms with Crippen LogP contribution in [-0.4, -0.2) is 22.6 Å². The van der Waals surface area contributed by atoms with Crippen LogP contribution in [0.15, 0.2) is 66.7 Å². The topological polar surface area (TPSA) is 56.1 Å². The van der Waals surface area contributed by atoms with E-state index in [4.69, 9.17) is 4.74 Å². The standard InChI is InChI=1S/C24H21F2N3O2/c1-15-7-12-21(31-2)17(13-15)14-22(30)27-18-10-8-16(9-11-18)23-28-19-5-3-4-6-20(19)29(23)24(25)26/h3-13,24H,14H2,1-2H3,(H,27,30). The fraction of sp³-hybridized carbons (Fsp3) is 0.167. The number of carbonyl (C=O) groups is 1. The van der Waals surface area contributed by atoms with Gasteiger partial charge >= 0.3 is 6.55 Å². The van der Waals surface area contributed by atoms with Gasteiger partial charge < -0.3 is 10.1 Å². The Morgan fingerprint density at radius 2 is 1.84 bits per heavy atom. The Hall–Kier alpha value is -3.74. The zero-order chi connectivity index (χ0) is 22.0. The minimum Gasteiger partial charge on any atom is -0.496 e. The number of carbonyl (C=O) groups excluding carboxylic acids is 1. The Morgan fingerprint density at radius 3 is 2.55 bits per heavy atom. The number of nitrogens with one attached hydrogen (secondary N) is 1. The molecular weight excluding hydrogens is 400 g/mol. The van der Waals surface area contributed by atoms with Crippen molar-refractivity contribution in [2.75, 3.05) is 12.4 Å². The van der Waals surface area contributed by atoms with E-state index in [2.05, 4.69) is 10.3 Å². The maximum Gasteiger partial charge on any atom is 0.320 e. The van der Waals surface area contributed by atoms with Crippen molar-refractivity contribution in [1.29, 1.82) is 0 Å². The first kappa shape index (κ1) is 20.5. The van der Waals surface area contributed by atoms with Gasteiger partial charge in [-0.15, -0.1) is 0 Å². The molecule has 1 amide bonds. The van der Waals surface area contributed by atoms with Gasteiger partial charge in [-0.05, 0) is 49.4 Å². The van der Waals surface area contributed by atoms with Gasteiger partial charge in [0.05, 0.1) is 24.6 Å². The lowest BCUT2D eigenvalue weighted by Gasteiger charge is -2.11. The van der Waals surface area contributed by atoms with Crippen molar-refractivity contribution >= 4 is 22.6 Å². The molecule has 1 N–H and O–H groups in total. The average Bonchev–Trinajstić information content (AvgIpc) is 3.14. The van der Waals surface area contributed by atoms with Crippen molar-refractivity contribution in [3.63, 3.8) is 0 Å². The van der Waals surface area contributed by atoms with Crippen molar-refractivity contribution in [3.8, 4) is 17.1 Å². The van der Waals surface area contributed by atoms with Crippen molar-refractivity contribution in [2.24, 2.45) is 0 Å². The molecule has 0 aliphatic heterocycles. The zero-order valence-electron chi connectivity index (χ0n) is 17.1. The predicted octanol–water partition coefficient (Wildman–Crippen LogP) is 5.60. The Balaban J connectivity index is 1.54. The molecule has 4 aromatic rings. The summed E-state index contributed by atoms with van der Waals surface area (Å²) in [7, 11) is 1.57. The van der Waals surface area contributed by atoms with Gasteiger partial charge in [0.15, 0.2) is 0 Å². The summed E-state index contributed by atoms with van der Waals surface area (Å²) >= 11 is 0. The van der Waals surface area contributed by atoms with Gasteiger partial charge in [0.25, 0.3) is 0 Å². The van der Waals surface area contributed by atoms with Crippen LogP contribution in [0.2, 0.25) is 0 Å². The molecule has 1 heterocycles. The highest BCUT2D eigenvalue weighted by molar-refractivity contribution is 5.93. The van der Waals surface area contributed by atoms with E-state index in [1.807, 2.05) is 25.1 Å². The number of hydrogen-bond donors (Lipinski definition) is 1. The summed E-state index contributed by atoms with van der Waals surface area (Å²) in [6, 6.07) is 19.1. The van der Waals surface area contributed by atoms with Gasteiger partial charge in [-0.3, -0.25) is 9.36 Å². The number of methoxy groups -OCH3 is 1. The summed E-state index contributed by atoms with van der Waals surface area (Å²) in [6.45, 7) is -0.766. The SMILES string of the molecule is COc1ccc(C)cc1CC(=O)Nc1ccc(-c2nc3ccccc3n2C(F)F)cc1. The Bertz CT molecular complexity index is 1230.